The van der Waals surface area contributed by atoms with Crippen LogP contribution in [0.3, 0.4) is 0 Å². The smallest absolute Gasteiger partial charge is 0.358 e. The van der Waals surface area contributed by atoms with Crippen molar-refractivity contribution < 1.29 is 35.6 Å². The van der Waals surface area contributed by atoms with Gasteiger partial charge in [0.05, 0.1) is 10.6 Å². The number of rotatable bonds is 7. The summed E-state index contributed by atoms with van der Waals surface area (Å²) in [5.41, 5.74) is 1.39. The number of thiazole rings is 1. The second-order valence-corrected chi connectivity index (χ2v) is 9.80. The van der Waals surface area contributed by atoms with E-state index in [2.05, 4.69) is 24.6 Å². The molecular formula is C24H18F6N4O3S. The lowest BCUT2D eigenvalue weighted by molar-refractivity contribution is -0.181. The molecule has 5 rings (SSSR count). The lowest BCUT2D eigenvalue weighted by Crippen LogP contribution is -2.20. The van der Waals surface area contributed by atoms with Gasteiger partial charge in [-0.15, -0.1) is 11.3 Å². The largest absolute Gasteiger partial charge is 0.439 e. The molecule has 0 aliphatic heterocycles. The second kappa shape index (κ2) is 9.66. The maximum Gasteiger partial charge on any atom is 0.439 e. The van der Waals surface area contributed by atoms with Crippen LogP contribution in [0.5, 0.6) is 0 Å². The minimum Gasteiger partial charge on any atom is -0.358 e. The molecule has 0 bridgehead atoms. The van der Waals surface area contributed by atoms with Gasteiger partial charge in [0, 0.05) is 17.3 Å². The number of benzene rings is 1. The number of aromatic nitrogens is 4. The van der Waals surface area contributed by atoms with Crippen molar-refractivity contribution in [2.24, 2.45) is 0 Å². The van der Waals surface area contributed by atoms with Crippen LogP contribution in [0.4, 0.5) is 26.3 Å². The van der Waals surface area contributed by atoms with E-state index in [0.717, 1.165) is 42.0 Å². The fraction of sp³-hybridized carbons (Fsp3) is 0.333. The number of hydrogen-bond donors (Lipinski definition) is 1. The molecule has 1 aliphatic rings. The SMILES string of the molecule is Cc1nc(-c2ccc(C(F)(F)F)nc2)sc1C(OCC(F)(F)F)c1ccc(-c2noc(=O)[nH]2)c(C2CC2)c1. The quantitative estimate of drug-likeness (QED) is 0.264. The van der Waals surface area contributed by atoms with E-state index < -0.39 is 36.5 Å². The Labute approximate surface area is 214 Å². The molecule has 0 saturated heterocycles. The van der Waals surface area contributed by atoms with E-state index in [0.29, 0.717) is 26.7 Å². The first-order valence-corrected chi connectivity index (χ1v) is 12.1. The molecule has 14 heteroatoms. The van der Waals surface area contributed by atoms with Gasteiger partial charge in [-0.3, -0.25) is 14.5 Å². The van der Waals surface area contributed by atoms with Gasteiger partial charge in [0.1, 0.15) is 23.4 Å². The molecule has 1 aromatic carbocycles. The lowest BCUT2D eigenvalue weighted by atomic mass is 9.96. The second-order valence-electron chi connectivity index (χ2n) is 8.77. The van der Waals surface area contributed by atoms with Crippen molar-refractivity contribution in [1.29, 1.82) is 0 Å². The number of hydrogen-bond acceptors (Lipinski definition) is 7. The lowest BCUT2D eigenvalue weighted by Gasteiger charge is -2.20. The van der Waals surface area contributed by atoms with Crippen molar-refractivity contribution in [2.45, 2.75) is 44.1 Å². The summed E-state index contributed by atoms with van der Waals surface area (Å²) in [6.45, 7) is 0.0659. The third-order valence-electron chi connectivity index (χ3n) is 5.88. The van der Waals surface area contributed by atoms with E-state index in [-0.39, 0.29) is 17.3 Å². The fourth-order valence-electron chi connectivity index (χ4n) is 4.00. The summed E-state index contributed by atoms with van der Waals surface area (Å²) in [7, 11) is 0. The molecule has 1 saturated carbocycles. The van der Waals surface area contributed by atoms with Crippen LogP contribution in [0.15, 0.2) is 45.8 Å². The first-order chi connectivity index (χ1) is 17.9. The van der Waals surface area contributed by atoms with E-state index in [1.54, 1.807) is 25.1 Å². The Morgan fingerprint density at radius 2 is 1.92 bits per heavy atom. The van der Waals surface area contributed by atoms with Gasteiger partial charge in [-0.2, -0.15) is 26.3 Å². The summed E-state index contributed by atoms with van der Waals surface area (Å²) >= 11 is 1.01. The number of ether oxygens (including phenoxy) is 1. The minimum absolute atomic E-state index is 0.129. The summed E-state index contributed by atoms with van der Waals surface area (Å²) in [4.78, 5) is 22.1. The number of H-pyrrole nitrogens is 1. The van der Waals surface area contributed by atoms with Gasteiger partial charge in [-0.25, -0.2) is 9.78 Å². The molecular weight excluding hydrogens is 538 g/mol. The third kappa shape index (κ3) is 5.65. The summed E-state index contributed by atoms with van der Waals surface area (Å²) in [6.07, 6.45) is -7.63. The molecule has 1 N–H and O–H groups in total. The number of pyridine rings is 1. The zero-order valence-corrected chi connectivity index (χ0v) is 20.3. The molecule has 1 aliphatic carbocycles. The maximum absolute atomic E-state index is 13.2. The van der Waals surface area contributed by atoms with Crippen LogP contribution in [0.2, 0.25) is 0 Å². The molecule has 1 fully saturated rings. The Balaban J connectivity index is 1.54. The van der Waals surface area contributed by atoms with Crippen LogP contribution < -0.4 is 5.76 Å². The number of alkyl halides is 6. The molecule has 1 atom stereocenters. The number of aromatic amines is 1. The van der Waals surface area contributed by atoms with E-state index in [1.807, 2.05) is 0 Å². The molecule has 0 amide bonds. The highest BCUT2D eigenvalue weighted by Gasteiger charge is 2.34. The molecule has 3 heterocycles. The van der Waals surface area contributed by atoms with Crippen molar-refractivity contribution >= 4 is 11.3 Å². The normalized spacial score (nSPS) is 15.1. The number of aryl methyl sites for hydroxylation is 1. The van der Waals surface area contributed by atoms with E-state index in [1.165, 1.54) is 6.07 Å². The van der Waals surface area contributed by atoms with Crippen molar-refractivity contribution in [3.8, 4) is 22.0 Å². The Morgan fingerprint density at radius 1 is 1.16 bits per heavy atom. The van der Waals surface area contributed by atoms with E-state index in [9.17, 15) is 31.1 Å². The molecule has 200 valence electrons. The predicted molar refractivity (Wildman–Crippen MR) is 123 cm³/mol. The van der Waals surface area contributed by atoms with Crippen LogP contribution in [-0.4, -0.2) is 32.9 Å². The third-order valence-corrected chi connectivity index (χ3v) is 7.13. The Bertz CT molecular complexity index is 1500. The van der Waals surface area contributed by atoms with Gasteiger partial charge in [-0.1, -0.05) is 23.4 Å². The van der Waals surface area contributed by atoms with Gasteiger partial charge in [-0.05, 0) is 48.9 Å². The molecule has 0 spiro atoms. The molecule has 1 unspecified atom stereocenters. The monoisotopic (exact) mass is 556 g/mol. The van der Waals surface area contributed by atoms with Crippen LogP contribution >= 0.6 is 11.3 Å². The molecule has 4 aromatic rings. The number of nitrogens with zero attached hydrogens (tertiary/aromatic N) is 3. The summed E-state index contributed by atoms with van der Waals surface area (Å²) in [5, 5.41) is 4.01. The highest BCUT2D eigenvalue weighted by Crippen LogP contribution is 2.46. The van der Waals surface area contributed by atoms with Gasteiger partial charge in [0.25, 0.3) is 0 Å². The number of nitrogens with one attached hydrogen (secondary N) is 1. The van der Waals surface area contributed by atoms with Gasteiger partial charge >= 0.3 is 18.1 Å². The summed E-state index contributed by atoms with van der Waals surface area (Å²) in [6, 6.07) is 6.96. The highest BCUT2D eigenvalue weighted by molar-refractivity contribution is 7.15. The summed E-state index contributed by atoms with van der Waals surface area (Å²) < 4.78 is 88.1. The molecule has 3 aromatic heterocycles. The standard InChI is InChI=1S/C24H18F6N4O3S/c1-11-19(38-21(32-11)14-5-7-17(31-9-14)24(28,29)30)18(36-10-23(25,26)27)13-4-6-15(16(8-13)12-2-3-12)20-33-22(35)37-34-20/h4-9,12,18H,2-3,10H2,1H3,(H,33,34,35). The maximum atomic E-state index is 13.2. The van der Waals surface area contributed by atoms with Gasteiger partial charge < -0.3 is 4.74 Å². The Hall–Kier alpha value is -3.52. The summed E-state index contributed by atoms with van der Waals surface area (Å²) in [5.74, 6) is -0.394. The first-order valence-electron chi connectivity index (χ1n) is 11.3. The zero-order chi connectivity index (χ0) is 27.2. The molecule has 7 nitrogen and oxygen atoms in total. The van der Waals surface area contributed by atoms with Crippen molar-refractivity contribution in [3.05, 3.63) is 74.5 Å². The topological polar surface area (TPSA) is 93.9 Å². The van der Waals surface area contributed by atoms with Crippen molar-refractivity contribution in [2.75, 3.05) is 6.61 Å². The predicted octanol–water partition coefficient (Wildman–Crippen LogP) is 6.42. The molecule has 38 heavy (non-hydrogen) atoms. The average Bonchev–Trinajstić information content (AvgIpc) is 3.50. The Kier molecular flexibility index (Phi) is 6.63. The zero-order valence-electron chi connectivity index (χ0n) is 19.5. The van der Waals surface area contributed by atoms with E-state index in [4.69, 9.17) is 4.74 Å². The van der Waals surface area contributed by atoms with E-state index >= 15 is 0 Å². The minimum atomic E-state index is -4.61. The van der Waals surface area contributed by atoms with Crippen molar-refractivity contribution in [1.82, 2.24) is 20.1 Å². The van der Waals surface area contributed by atoms with Gasteiger partial charge in [0.2, 0.25) is 0 Å². The number of halogens is 6. The molecule has 0 radical (unpaired) electrons. The highest BCUT2D eigenvalue weighted by atomic mass is 32.1. The van der Waals surface area contributed by atoms with Crippen LogP contribution in [0.25, 0.3) is 22.0 Å². The van der Waals surface area contributed by atoms with Gasteiger partial charge in [0.15, 0.2) is 5.82 Å². The van der Waals surface area contributed by atoms with Crippen LogP contribution in [-0.2, 0) is 10.9 Å². The van der Waals surface area contributed by atoms with Crippen LogP contribution in [0.1, 0.15) is 52.3 Å². The first kappa shape index (κ1) is 26.1. The Morgan fingerprint density at radius 3 is 2.50 bits per heavy atom. The average molecular weight is 556 g/mol. The fourth-order valence-corrected chi connectivity index (χ4v) is 5.14. The van der Waals surface area contributed by atoms with Crippen LogP contribution in [0, 0.1) is 6.92 Å². The van der Waals surface area contributed by atoms with Crippen molar-refractivity contribution in [3.63, 3.8) is 0 Å².